The number of hydrogen-bond acceptors (Lipinski definition) is 1. The van der Waals surface area contributed by atoms with Gasteiger partial charge in [-0.05, 0) is 6.92 Å². The first-order valence-corrected chi connectivity index (χ1v) is 4.57. The van der Waals surface area contributed by atoms with Gasteiger partial charge < -0.3 is 22.2 Å². The summed E-state index contributed by atoms with van der Waals surface area (Å²) in [5.41, 5.74) is 1.21. The number of nitrogens with one attached hydrogen (secondary N) is 1. The van der Waals surface area contributed by atoms with Crippen LogP contribution >= 0.6 is 0 Å². The quantitative estimate of drug-likeness (QED) is 0.309. The molecule has 0 saturated carbocycles. The van der Waals surface area contributed by atoms with Crippen molar-refractivity contribution in [3.05, 3.63) is 12.2 Å². The third-order valence-electron chi connectivity index (χ3n) is 1.61. The lowest BCUT2D eigenvalue weighted by Crippen LogP contribution is -3.00. The molecule has 0 fully saturated rings. The lowest BCUT2D eigenvalue weighted by Gasteiger charge is -2.23. The number of halogens is 1. The molecule has 0 rings (SSSR count). The van der Waals surface area contributed by atoms with Crippen LogP contribution in [0.15, 0.2) is 12.2 Å². The molecule has 0 aromatic carbocycles. The molecule has 0 heterocycles. The molecule has 13 heavy (non-hydrogen) atoms. The Bertz CT molecular complexity index is 138. The highest BCUT2D eigenvalue weighted by atomic mass is 35.5. The first-order chi connectivity index (χ1) is 5.42. The van der Waals surface area contributed by atoms with Crippen LogP contribution in [0.3, 0.4) is 0 Å². The number of nitrogens with zero attached hydrogens (tertiary/aromatic N) is 1. The van der Waals surface area contributed by atoms with Gasteiger partial charge in [0.25, 0.3) is 0 Å². The van der Waals surface area contributed by atoms with E-state index < -0.39 is 0 Å². The first kappa shape index (κ1) is 15.4. The van der Waals surface area contributed by atoms with Gasteiger partial charge in [-0.2, -0.15) is 0 Å². The van der Waals surface area contributed by atoms with E-state index in [-0.39, 0.29) is 12.4 Å². The maximum atomic E-state index is 3.84. The van der Waals surface area contributed by atoms with Crippen molar-refractivity contribution in [2.24, 2.45) is 0 Å². The van der Waals surface area contributed by atoms with Gasteiger partial charge in [0.15, 0.2) is 0 Å². The summed E-state index contributed by atoms with van der Waals surface area (Å²) in [4.78, 5) is 0. The van der Waals surface area contributed by atoms with Gasteiger partial charge in [-0.1, -0.05) is 12.2 Å². The minimum atomic E-state index is 0. The Hall–Kier alpha value is -0.0500. The molecule has 2 nitrogen and oxygen atoms in total. The van der Waals surface area contributed by atoms with Crippen LogP contribution in [-0.2, 0) is 0 Å². The summed E-state index contributed by atoms with van der Waals surface area (Å²) in [7, 11) is 6.66. The third-order valence-corrected chi connectivity index (χ3v) is 1.61. The summed E-state index contributed by atoms with van der Waals surface area (Å²) in [6.07, 6.45) is 1.23. The van der Waals surface area contributed by atoms with E-state index in [9.17, 15) is 0 Å². The second-order valence-electron chi connectivity index (χ2n) is 4.50. The highest BCUT2D eigenvalue weighted by Gasteiger charge is 2.04. The predicted molar refractivity (Wildman–Crippen MR) is 55.2 cm³/mol. The van der Waals surface area contributed by atoms with E-state index in [0.29, 0.717) is 0 Å². The lowest BCUT2D eigenvalue weighted by atomic mass is 10.3. The van der Waals surface area contributed by atoms with Crippen LogP contribution in [0.25, 0.3) is 0 Å². The van der Waals surface area contributed by atoms with Crippen LogP contribution in [0.2, 0.25) is 0 Å². The highest BCUT2D eigenvalue weighted by Crippen LogP contribution is 1.92. The maximum Gasteiger partial charge on any atom is 0.0792 e. The van der Waals surface area contributed by atoms with E-state index in [1.807, 2.05) is 6.92 Å². The van der Waals surface area contributed by atoms with Crippen molar-refractivity contribution in [1.29, 1.82) is 0 Å². The average molecular weight is 207 g/mol. The van der Waals surface area contributed by atoms with Crippen molar-refractivity contribution in [1.82, 2.24) is 5.32 Å². The second-order valence-corrected chi connectivity index (χ2v) is 4.50. The van der Waals surface area contributed by atoms with Gasteiger partial charge in [0.2, 0.25) is 0 Å². The van der Waals surface area contributed by atoms with Crippen LogP contribution in [0.4, 0.5) is 0 Å². The smallest absolute Gasteiger partial charge is 0.0792 e. The van der Waals surface area contributed by atoms with Crippen molar-refractivity contribution in [2.45, 2.75) is 13.3 Å². The minimum absolute atomic E-state index is 0. The summed E-state index contributed by atoms with van der Waals surface area (Å²) in [5.74, 6) is 0. The van der Waals surface area contributed by atoms with Crippen molar-refractivity contribution in [3.8, 4) is 0 Å². The summed E-state index contributed by atoms with van der Waals surface area (Å²) < 4.78 is 1.05. The Balaban J connectivity index is 0. The third kappa shape index (κ3) is 14.8. The fourth-order valence-corrected chi connectivity index (χ4v) is 0.980. The van der Waals surface area contributed by atoms with Crippen LogP contribution in [0, 0.1) is 0 Å². The van der Waals surface area contributed by atoms with Gasteiger partial charge in [-0.25, -0.2) is 0 Å². The summed E-state index contributed by atoms with van der Waals surface area (Å²) in [6.45, 7) is 9.16. The van der Waals surface area contributed by atoms with Crippen LogP contribution in [0.1, 0.15) is 13.3 Å². The molecule has 0 saturated heterocycles. The van der Waals surface area contributed by atoms with Gasteiger partial charge in [0, 0.05) is 19.5 Å². The summed E-state index contributed by atoms with van der Waals surface area (Å²) >= 11 is 0. The number of quaternary nitrogens is 1. The molecule has 0 aliphatic rings. The number of rotatable bonds is 6. The SMILES string of the molecule is C=C(C)CNCCC[N+](C)(C)C.[Cl-]. The molecule has 0 aliphatic carbocycles. The molecule has 0 amide bonds. The maximum absolute atomic E-state index is 3.84. The van der Waals surface area contributed by atoms with Crippen LogP contribution in [0.5, 0.6) is 0 Å². The van der Waals surface area contributed by atoms with Crippen molar-refractivity contribution < 1.29 is 16.9 Å². The molecule has 3 heteroatoms. The monoisotopic (exact) mass is 206 g/mol. The second kappa shape index (κ2) is 7.36. The highest BCUT2D eigenvalue weighted by molar-refractivity contribution is 4.90. The molecular weight excluding hydrogens is 184 g/mol. The van der Waals surface area contributed by atoms with Gasteiger partial charge >= 0.3 is 0 Å². The first-order valence-electron chi connectivity index (χ1n) is 4.57. The average Bonchev–Trinajstić information content (AvgIpc) is 1.83. The molecule has 0 aromatic rings. The van der Waals surface area contributed by atoms with E-state index in [0.717, 1.165) is 17.6 Å². The van der Waals surface area contributed by atoms with Gasteiger partial charge in [0.05, 0.1) is 27.7 Å². The van der Waals surface area contributed by atoms with Gasteiger partial charge in [-0.3, -0.25) is 0 Å². The van der Waals surface area contributed by atoms with Gasteiger partial charge in [-0.15, -0.1) is 0 Å². The molecule has 0 bridgehead atoms. The molecule has 0 aliphatic heterocycles. The molecule has 0 unspecified atom stereocenters. The van der Waals surface area contributed by atoms with E-state index >= 15 is 0 Å². The number of hydrogen-bond donors (Lipinski definition) is 1. The van der Waals surface area contributed by atoms with Crippen LogP contribution < -0.4 is 17.7 Å². The van der Waals surface area contributed by atoms with E-state index in [4.69, 9.17) is 0 Å². The largest absolute Gasteiger partial charge is 1.00 e. The van der Waals surface area contributed by atoms with Crippen molar-refractivity contribution in [3.63, 3.8) is 0 Å². The molecule has 80 valence electrons. The Morgan fingerprint density at radius 2 is 1.85 bits per heavy atom. The zero-order chi connectivity index (χ0) is 9.61. The van der Waals surface area contributed by atoms with E-state index in [1.165, 1.54) is 18.5 Å². The molecule has 1 N–H and O–H groups in total. The lowest BCUT2D eigenvalue weighted by molar-refractivity contribution is -0.870. The zero-order valence-electron chi connectivity index (χ0n) is 9.36. The topological polar surface area (TPSA) is 12.0 Å². The Kier molecular flexibility index (Phi) is 8.74. The van der Waals surface area contributed by atoms with E-state index in [2.05, 4.69) is 33.0 Å². The Morgan fingerprint density at radius 1 is 1.31 bits per heavy atom. The zero-order valence-corrected chi connectivity index (χ0v) is 10.1. The van der Waals surface area contributed by atoms with E-state index in [1.54, 1.807) is 0 Å². The Morgan fingerprint density at radius 3 is 2.23 bits per heavy atom. The molecule has 0 atom stereocenters. The molecule has 0 spiro atoms. The molecular formula is C10H23ClN2. The predicted octanol–water partition coefficient (Wildman–Crippen LogP) is -1.75. The molecule has 0 radical (unpaired) electrons. The summed E-state index contributed by atoms with van der Waals surface area (Å²) in [5, 5.41) is 3.35. The van der Waals surface area contributed by atoms with Crippen molar-refractivity contribution >= 4 is 0 Å². The minimum Gasteiger partial charge on any atom is -1.00 e. The van der Waals surface area contributed by atoms with Gasteiger partial charge in [0.1, 0.15) is 0 Å². The molecule has 0 aromatic heterocycles. The Labute approximate surface area is 89.0 Å². The summed E-state index contributed by atoms with van der Waals surface area (Å²) in [6, 6.07) is 0. The normalized spacial score (nSPS) is 10.8. The fourth-order valence-electron chi connectivity index (χ4n) is 0.980. The fraction of sp³-hybridized carbons (Fsp3) is 0.800. The van der Waals surface area contributed by atoms with Crippen LogP contribution in [-0.4, -0.2) is 45.3 Å². The van der Waals surface area contributed by atoms with Crippen molar-refractivity contribution in [2.75, 3.05) is 40.8 Å². The standard InChI is InChI=1S/C10H23N2.ClH/c1-10(2)9-11-7-6-8-12(3,4)5;/h11H,1,6-9H2,2-5H3;1H/q+1;/p-1.